The lowest BCUT2D eigenvalue weighted by atomic mass is 10.2. The van der Waals surface area contributed by atoms with Crippen molar-refractivity contribution in [2.24, 2.45) is 0 Å². The third-order valence-electron chi connectivity index (χ3n) is 2.76. The number of halogens is 2. The Kier molecular flexibility index (Phi) is 4.68. The van der Waals surface area contributed by atoms with Crippen LogP contribution in [0.3, 0.4) is 0 Å². The second-order valence-electron chi connectivity index (χ2n) is 4.25. The fourth-order valence-electron chi connectivity index (χ4n) is 1.66. The van der Waals surface area contributed by atoms with E-state index in [-0.39, 0.29) is 21.2 Å². The van der Waals surface area contributed by atoms with Crippen LogP contribution in [-0.4, -0.2) is 21.5 Å². The molecule has 2 aromatic carbocycles. The van der Waals surface area contributed by atoms with E-state index in [9.17, 15) is 17.6 Å². The zero-order valence-electron chi connectivity index (χ0n) is 11.3. The summed E-state index contributed by atoms with van der Waals surface area (Å²) in [5.74, 6) is -1.21. The van der Waals surface area contributed by atoms with E-state index in [2.05, 4.69) is 9.46 Å². The first-order valence-corrected chi connectivity index (χ1v) is 7.86. The minimum absolute atomic E-state index is 0.0550. The molecule has 0 saturated heterocycles. The van der Waals surface area contributed by atoms with Crippen LogP contribution >= 0.6 is 11.6 Å². The van der Waals surface area contributed by atoms with E-state index in [1.165, 1.54) is 37.4 Å². The molecule has 0 unspecified atom stereocenters. The molecule has 0 radical (unpaired) electrons. The summed E-state index contributed by atoms with van der Waals surface area (Å²) in [6.07, 6.45) is 0. The van der Waals surface area contributed by atoms with Gasteiger partial charge in [0.1, 0.15) is 5.82 Å². The van der Waals surface area contributed by atoms with Crippen LogP contribution in [0, 0.1) is 5.82 Å². The molecule has 0 aliphatic heterocycles. The monoisotopic (exact) mass is 343 g/mol. The first kappa shape index (κ1) is 16.3. The van der Waals surface area contributed by atoms with Gasteiger partial charge in [-0.25, -0.2) is 17.6 Å². The van der Waals surface area contributed by atoms with Gasteiger partial charge in [0.25, 0.3) is 10.0 Å². The van der Waals surface area contributed by atoms with E-state index in [0.29, 0.717) is 0 Å². The normalized spacial score (nSPS) is 11.0. The van der Waals surface area contributed by atoms with Gasteiger partial charge in [0.15, 0.2) is 0 Å². The Labute approximate surface area is 131 Å². The predicted molar refractivity (Wildman–Crippen MR) is 80.0 cm³/mol. The zero-order valence-corrected chi connectivity index (χ0v) is 12.9. The van der Waals surface area contributed by atoms with E-state index in [1.54, 1.807) is 0 Å². The van der Waals surface area contributed by atoms with Gasteiger partial charge in [0.05, 0.1) is 28.3 Å². The van der Waals surface area contributed by atoms with Crippen molar-refractivity contribution >= 4 is 33.3 Å². The van der Waals surface area contributed by atoms with Crippen LogP contribution in [0.4, 0.5) is 10.1 Å². The summed E-state index contributed by atoms with van der Waals surface area (Å²) >= 11 is 5.60. The third kappa shape index (κ3) is 3.55. The second-order valence-corrected chi connectivity index (χ2v) is 6.34. The Morgan fingerprint density at radius 1 is 1.18 bits per heavy atom. The molecule has 0 atom stereocenters. The summed E-state index contributed by atoms with van der Waals surface area (Å²) < 4.78 is 44.2. The molecule has 0 aliphatic carbocycles. The number of methoxy groups -OCH3 is 1. The van der Waals surface area contributed by atoms with Crippen molar-refractivity contribution in [2.45, 2.75) is 4.90 Å². The number of carbonyl (C=O) groups is 1. The molecular weight excluding hydrogens is 333 g/mol. The van der Waals surface area contributed by atoms with Gasteiger partial charge in [-0.2, -0.15) is 0 Å². The van der Waals surface area contributed by atoms with E-state index in [4.69, 9.17) is 11.6 Å². The summed E-state index contributed by atoms with van der Waals surface area (Å²) in [6, 6.07) is 8.66. The molecule has 0 fully saturated rings. The number of esters is 1. The number of nitrogens with one attached hydrogen (secondary N) is 1. The zero-order chi connectivity index (χ0) is 16.3. The van der Waals surface area contributed by atoms with Gasteiger partial charge >= 0.3 is 5.97 Å². The maximum atomic E-state index is 13.1. The first-order chi connectivity index (χ1) is 10.3. The molecular formula is C14H11ClFNO4S. The molecule has 1 N–H and O–H groups in total. The Bertz CT molecular complexity index is 806. The fraction of sp³-hybridized carbons (Fsp3) is 0.0714. The highest BCUT2D eigenvalue weighted by atomic mass is 35.5. The van der Waals surface area contributed by atoms with Crippen LogP contribution in [0.2, 0.25) is 5.02 Å². The summed E-state index contributed by atoms with van der Waals surface area (Å²) in [5, 5.41) is -0.193. The van der Waals surface area contributed by atoms with E-state index < -0.39 is 21.8 Å². The van der Waals surface area contributed by atoms with Crippen LogP contribution < -0.4 is 4.72 Å². The highest BCUT2D eigenvalue weighted by Gasteiger charge is 2.16. The van der Waals surface area contributed by atoms with Crippen molar-refractivity contribution in [1.82, 2.24) is 0 Å². The van der Waals surface area contributed by atoms with E-state index in [0.717, 1.165) is 12.1 Å². The molecule has 2 aromatic rings. The first-order valence-electron chi connectivity index (χ1n) is 6.00. The Hall–Kier alpha value is -2.12. The van der Waals surface area contributed by atoms with Crippen molar-refractivity contribution in [1.29, 1.82) is 0 Å². The van der Waals surface area contributed by atoms with Gasteiger partial charge in [-0.1, -0.05) is 11.6 Å². The maximum Gasteiger partial charge on any atom is 0.337 e. The topological polar surface area (TPSA) is 72.5 Å². The number of ether oxygens (including phenoxy) is 1. The number of rotatable bonds is 4. The molecule has 2 rings (SSSR count). The Morgan fingerprint density at radius 3 is 2.36 bits per heavy atom. The maximum absolute atomic E-state index is 13.1. The smallest absolute Gasteiger partial charge is 0.337 e. The number of anilines is 1. The minimum Gasteiger partial charge on any atom is -0.465 e. The molecule has 0 aliphatic rings. The average Bonchev–Trinajstić information content (AvgIpc) is 2.50. The number of carbonyl (C=O) groups excluding carboxylic acids is 1. The molecule has 116 valence electrons. The van der Waals surface area contributed by atoms with Crippen molar-refractivity contribution in [3.8, 4) is 0 Å². The molecule has 0 aromatic heterocycles. The van der Waals surface area contributed by atoms with Gasteiger partial charge in [0, 0.05) is 0 Å². The number of hydrogen-bond donors (Lipinski definition) is 1. The van der Waals surface area contributed by atoms with Crippen LogP contribution in [0.1, 0.15) is 10.4 Å². The van der Waals surface area contributed by atoms with Crippen LogP contribution in [0.25, 0.3) is 0 Å². The summed E-state index contributed by atoms with van der Waals surface area (Å²) in [4.78, 5) is 11.2. The van der Waals surface area contributed by atoms with Gasteiger partial charge in [-0.3, -0.25) is 4.72 Å². The lowest BCUT2D eigenvalue weighted by molar-refractivity contribution is 0.0600. The largest absolute Gasteiger partial charge is 0.465 e. The van der Waals surface area contributed by atoms with Crippen molar-refractivity contribution in [3.05, 3.63) is 58.9 Å². The van der Waals surface area contributed by atoms with Gasteiger partial charge in [-0.05, 0) is 42.5 Å². The van der Waals surface area contributed by atoms with Gasteiger partial charge < -0.3 is 4.74 Å². The average molecular weight is 344 g/mol. The van der Waals surface area contributed by atoms with E-state index >= 15 is 0 Å². The van der Waals surface area contributed by atoms with Crippen LogP contribution in [0.15, 0.2) is 47.4 Å². The van der Waals surface area contributed by atoms with E-state index in [1.807, 2.05) is 0 Å². The summed E-state index contributed by atoms with van der Waals surface area (Å²) in [7, 11) is -2.65. The number of sulfonamides is 1. The van der Waals surface area contributed by atoms with Crippen LogP contribution in [-0.2, 0) is 14.8 Å². The van der Waals surface area contributed by atoms with Crippen molar-refractivity contribution < 1.29 is 22.3 Å². The molecule has 0 bridgehead atoms. The SMILES string of the molecule is COC(=O)c1ccc(S(=O)(=O)Nc2ccc(F)c(Cl)c2)cc1. The fourth-order valence-corrected chi connectivity index (χ4v) is 2.89. The van der Waals surface area contributed by atoms with Gasteiger partial charge in [0.2, 0.25) is 0 Å². The predicted octanol–water partition coefficient (Wildman–Crippen LogP) is 3.07. The molecule has 8 heteroatoms. The number of benzene rings is 2. The van der Waals surface area contributed by atoms with Gasteiger partial charge in [-0.15, -0.1) is 0 Å². The Balaban J connectivity index is 2.26. The molecule has 5 nitrogen and oxygen atoms in total. The summed E-state index contributed by atoms with van der Waals surface area (Å²) in [5.41, 5.74) is 0.356. The molecule has 0 spiro atoms. The highest BCUT2D eigenvalue weighted by molar-refractivity contribution is 7.92. The molecule has 0 heterocycles. The third-order valence-corrected chi connectivity index (χ3v) is 4.44. The van der Waals surface area contributed by atoms with Crippen molar-refractivity contribution in [2.75, 3.05) is 11.8 Å². The summed E-state index contributed by atoms with van der Waals surface area (Å²) in [6.45, 7) is 0. The molecule has 0 saturated carbocycles. The minimum atomic E-state index is -3.88. The highest BCUT2D eigenvalue weighted by Crippen LogP contribution is 2.22. The Morgan fingerprint density at radius 2 is 1.82 bits per heavy atom. The molecule has 22 heavy (non-hydrogen) atoms. The quantitative estimate of drug-likeness (QED) is 0.866. The van der Waals surface area contributed by atoms with Crippen molar-refractivity contribution in [3.63, 3.8) is 0 Å². The lowest BCUT2D eigenvalue weighted by Crippen LogP contribution is -2.13. The second kappa shape index (κ2) is 6.33. The van der Waals surface area contributed by atoms with Crippen LogP contribution in [0.5, 0.6) is 0 Å². The molecule has 0 amide bonds. The number of hydrogen-bond acceptors (Lipinski definition) is 4. The lowest BCUT2D eigenvalue weighted by Gasteiger charge is -2.09. The standard InChI is InChI=1S/C14H11ClFNO4S/c1-21-14(18)9-2-5-11(6-3-9)22(19,20)17-10-4-7-13(16)12(15)8-10/h2-8,17H,1H3.